The molecule has 2 aromatic rings. The van der Waals surface area contributed by atoms with Gasteiger partial charge in [0.15, 0.2) is 0 Å². The van der Waals surface area contributed by atoms with E-state index in [0.717, 1.165) is 42.8 Å². The predicted octanol–water partition coefficient (Wildman–Crippen LogP) is 3.30. The molecule has 2 amide bonds. The fourth-order valence-electron chi connectivity index (χ4n) is 3.58. The third kappa shape index (κ3) is 4.85. The number of aromatic amines is 1. The molecule has 6 nitrogen and oxygen atoms in total. The van der Waals surface area contributed by atoms with Crippen LogP contribution in [0.15, 0.2) is 36.5 Å². The molecule has 0 saturated heterocycles. The molecule has 1 atom stereocenters. The van der Waals surface area contributed by atoms with Crippen molar-refractivity contribution >= 4 is 6.03 Å². The SMILES string of the molecule is Cc1cnc(CNC(=O)N(C[C@H](O)c2ccccc2)C2CCCCC2)[nH]1. The number of aliphatic hydroxyl groups excluding tert-OH is 1. The summed E-state index contributed by atoms with van der Waals surface area (Å²) in [5, 5.41) is 13.6. The van der Waals surface area contributed by atoms with Crippen LogP contribution in [0.2, 0.25) is 0 Å². The van der Waals surface area contributed by atoms with Gasteiger partial charge in [-0.2, -0.15) is 0 Å². The van der Waals surface area contributed by atoms with Crippen molar-refractivity contribution in [1.29, 1.82) is 0 Å². The van der Waals surface area contributed by atoms with Crippen LogP contribution in [0.25, 0.3) is 0 Å². The van der Waals surface area contributed by atoms with Crippen LogP contribution >= 0.6 is 0 Å². The Morgan fingerprint density at radius 3 is 2.69 bits per heavy atom. The van der Waals surface area contributed by atoms with E-state index in [0.29, 0.717) is 13.1 Å². The van der Waals surface area contributed by atoms with Crippen molar-refractivity contribution in [1.82, 2.24) is 20.2 Å². The number of aryl methyl sites for hydroxylation is 1. The highest BCUT2D eigenvalue weighted by molar-refractivity contribution is 5.74. The van der Waals surface area contributed by atoms with Gasteiger partial charge >= 0.3 is 6.03 Å². The zero-order valence-corrected chi connectivity index (χ0v) is 15.3. The van der Waals surface area contributed by atoms with Crippen molar-refractivity contribution in [2.45, 2.75) is 57.7 Å². The molecule has 0 unspecified atom stereocenters. The van der Waals surface area contributed by atoms with Gasteiger partial charge in [0.05, 0.1) is 19.2 Å². The van der Waals surface area contributed by atoms with E-state index in [2.05, 4.69) is 15.3 Å². The summed E-state index contributed by atoms with van der Waals surface area (Å²) in [6, 6.07) is 9.57. The van der Waals surface area contributed by atoms with Gasteiger partial charge in [0.2, 0.25) is 0 Å². The minimum Gasteiger partial charge on any atom is -0.387 e. The van der Waals surface area contributed by atoms with E-state index in [4.69, 9.17) is 0 Å². The van der Waals surface area contributed by atoms with Crippen LogP contribution in [0.5, 0.6) is 0 Å². The minimum atomic E-state index is -0.685. The summed E-state index contributed by atoms with van der Waals surface area (Å²) >= 11 is 0. The Kier molecular flexibility index (Phi) is 6.28. The standard InChI is InChI=1S/C20H28N4O2/c1-15-12-21-19(23-15)13-22-20(26)24(17-10-6-3-7-11-17)14-18(25)16-8-4-2-5-9-16/h2,4-5,8-9,12,17-18,25H,3,6-7,10-11,13-14H2,1H3,(H,21,23)(H,22,26)/t18-/m0/s1. The molecule has 0 aliphatic heterocycles. The number of urea groups is 1. The van der Waals surface area contributed by atoms with Crippen molar-refractivity contribution in [3.8, 4) is 0 Å². The number of rotatable bonds is 6. The Bertz CT molecular complexity index is 695. The topological polar surface area (TPSA) is 81.2 Å². The second-order valence-corrected chi connectivity index (χ2v) is 7.04. The van der Waals surface area contributed by atoms with Gasteiger partial charge < -0.3 is 20.3 Å². The van der Waals surface area contributed by atoms with Gasteiger partial charge in [0.25, 0.3) is 0 Å². The number of hydrogen-bond donors (Lipinski definition) is 3. The molecule has 1 aromatic heterocycles. The number of H-pyrrole nitrogens is 1. The van der Waals surface area contributed by atoms with E-state index in [1.165, 1.54) is 6.42 Å². The first-order valence-electron chi connectivity index (χ1n) is 9.41. The average Bonchev–Trinajstić information content (AvgIpc) is 3.10. The van der Waals surface area contributed by atoms with Crippen LogP contribution < -0.4 is 5.32 Å². The molecule has 140 valence electrons. The first-order chi connectivity index (χ1) is 12.6. The highest BCUT2D eigenvalue weighted by atomic mass is 16.3. The molecule has 1 aliphatic carbocycles. The molecule has 0 bridgehead atoms. The Hall–Kier alpha value is -2.34. The number of hydrogen-bond acceptors (Lipinski definition) is 3. The van der Waals surface area contributed by atoms with Crippen LogP contribution in [0.1, 0.15) is 55.3 Å². The fourth-order valence-corrected chi connectivity index (χ4v) is 3.58. The van der Waals surface area contributed by atoms with E-state index in [-0.39, 0.29) is 12.1 Å². The maximum Gasteiger partial charge on any atom is 0.318 e. The molecular weight excluding hydrogens is 328 g/mol. The van der Waals surface area contributed by atoms with Gasteiger partial charge in [-0.25, -0.2) is 9.78 Å². The molecule has 0 radical (unpaired) electrons. The summed E-state index contributed by atoms with van der Waals surface area (Å²) in [6.45, 7) is 2.60. The van der Waals surface area contributed by atoms with Crippen LogP contribution in [0.3, 0.4) is 0 Å². The number of aliphatic hydroxyl groups is 1. The van der Waals surface area contributed by atoms with E-state index in [9.17, 15) is 9.90 Å². The molecule has 3 rings (SSSR count). The van der Waals surface area contributed by atoms with Crippen molar-refractivity contribution in [3.63, 3.8) is 0 Å². The lowest BCUT2D eigenvalue weighted by atomic mass is 9.94. The number of amides is 2. The third-order valence-electron chi connectivity index (χ3n) is 4.99. The number of carbonyl (C=O) groups excluding carboxylic acids is 1. The number of nitrogens with zero attached hydrogens (tertiary/aromatic N) is 2. The summed E-state index contributed by atoms with van der Waals surface area (Å²) in [6.07, 6.45) is 6.54. The largest absolute Gasteiger partial charge is 0.387 e. The zero-order valence-electron chi connectivity index (χ0n) is 15.3. The van der Waals surface area contributed by atoms with Crippen molar-refractivity contribution in [2.75, 3.05) is 6.54 Å². The Labute approximate surface area is 154 Å². The lowest BCUT2D eigenvalue weighted by Gasteiger charge is -2.35. The number of nitrogens with one attached hydrogen (secondary N) is 2. The van der Waals surface area contributed by atoms with Gasteiger partial charge in [-0.1, -0.05) is 49.6 Å². The van der Waals surface area contributed by atoms with Crippen LogP contribution in [0.4, 0.5) is 4.79 Å². The lowest BCUT2D eigenvalue weighted by molar-refractivity contribution is 0.0899. The van der Waals surface area contributed by atoms with Gasteiger partial charge in [-0.3, -0.25) is 0 Å². The second-order valence-electron chi connectivity index (χ2n) is 7.04. The summed E-state index contributed by atoms with van der Waals surface area (Å²) in [7, 11) is 0. The van der Waals surface area contributed by atoms with Crippen molar-refractivity contribution in [2.24, 2.45) is 0 Å². The van der Waals surface area contributed by atoms with E-state index >= 15 is 0 Å². The van der Waals surface area contributed by atoms with Crippen molar-refractivity contribution in [3.05, 3.63) is 53.6 Å². The molecule has 0 spiro atoms. The second kappa shape index (κ2) is 8.85. The first-order valence-corrected chi connectivity index (χ1v) is 9.41. The van der Waals surface area contributed by atoms with Gasteiger partial charge in [0.1, 0.15) is 5.82 Å². The Morgan fingerprint density at radius 2 is 2.04 bits per heavy atom. The molecule has 1 saturated carbocycles. The maximum absolute atomic E-state index is 12.9. The van der Waals surface area contributed by atoms with Crippen molar-refractivity contribution < 1.29 is 9.90 Å². The molecule has 6 heteroatoms. The molecule has 3 N–H and O–H groups in total. The third-order valence-corrected chi connectivity index (χ3v) is 4.99. The van der Waals surface area contributed by atoms with E-state index in [1.54, 1.807) is 6.20 Å². The Morgan fingerprint density at radius 1 is 1.31 bits per heavy atom. The molecule has 1 heterocycles. The molecule has 1 aliphatic rings. The molecular formula is C20H28N4O2. The van der Waals surface area contributed by atoms with Crippen LogP contribution in [0, 0.1) is 6.92 Å². The molecule has 1 aromatic carbocycles. The molecule has 26 heavy (non-hydrogen) atoms. The predicted molar refractivity (Wildman–Crippen MR) is 101 cm³/mol. The number of aromatic nitrogens is 2. The van der Waals surface area contributed by atoms with Crippen LogP contribution in [-0.4, -0.2) is 38.6 Å². The maximum atomic E-state index is 12.9. The summed E-state index contributed by atoms with van der Waals surface area (Å²) < 4.78 is 0. The van der Waals surface area contributed by atoms with E-state index in [1.807, 2.05) is 42.2 Å². The average molecular weight is 356 g/mol. The van der Waals surface area contributed by atoms with Gasteiger partial charge in [-0.05, 0) is 25.3 Å². The smallest absolute Gasteiger partial charge is 0.318 e. The Balaban J connectivity index is 1.66. The minimum absolute atomic E-state index is 0.138. The molecule has 1 fully saturated rings. The normalized spacial score (nSPS) is 16.2. The number of imidazole rings is 1. The van der Waals surface area contributed by atoms with Gasteiger partial charge in [0, 0.05) is 17.9 Å². The van der Waals surface area contributed by atoms with Gasteiger partial charge in [-0.15, -0.1) is 0 Å². The lowest BCUT2D eigenvalue weighted by Crippen LogP contribution is -2.48. The first kappa shape index (κ1) is 18.5. The summed E-state index contributed by atoms with van der Waals surface area (Å²) in [4.78, 5) is 22.0. The van der Waals surface area contributed by atoms with E-state index < -0.39 is 6.10 Å². The highest BCUT2D eigenvalue weighted by Gasteiger charge is 2.27. The highest BCUT2D eigenvalue weighted by Crippen LogP contribution is 2.25. The zero-order chi connectivity index (χ0) is 18.4. The summed E-state index contributed by atoms with van der Waals surface area (Å²) in [5.74, 6) is 0.739. The summed E-state index contributed by atoms with van der Waals surface area (Å²) in [5.41, 5.74) is 1.81. The monoisotopic (exact) mass is 356 g/mol. The van der Waals surface area contributed by atoms with Crippen LogP contribution in [-0.2, 0) is 6.54 Å². The quantitative estimate of drug-likeness (QED) is 0.743. The number of carbonyl (C=O) groups is 1. The fraction of sp³-hybridized carbons (Fsp3) is 0.500. The number of benzene rings is 1.